The highest BCUT2D eigenvalue weighted by Crippen LogP contribution is 2.22. The molecule has 2 rings (SSSR count). The van der Waals surface area contributed by atoms with E-state index in [1.165, 1.54) is 10.6 Å². The molecule has 0 saturated carbocycles. The standard InChI is InChI=1S/C15H28N4O4S/c1-15(2,3)18-10-11(8-13(18)20)17-14(21)16-9-12-6-5-7-19(12)24(4,22)23/h11-12H,5-10H2,1-4H3,(H2,16,17,21)/t11?,12-/m1/s1. The Hall–Kier alpha value is -1.35. The lowest BCUT2D eigenvalue weighted by molar-refractivity contribution is -0.131. The molecule has 0 radical (unpaired) electrons. The minimum Gasteiger partial charge on any atom is -0.337 e. The Morgan fingerprint density at radius 2 is 2.00 bits per heavy atom. The van der Waals surface area contributed by atoms with Gasteiger partial charge in [-0.25, -0.2) is 13.2 Å². The third-order valence-corrected chi connectivity index (χ3v) is 5.85. The molecule has 24 heavy (non-hydrogen) atoms. The van der Waals surface area contributed by atoms with Crippen molar-refractivity contribution in [2.45, 2.75) is 57.7 Å². The maximum atomic E-state index is 12.1. The molecule has 138 valence electrons. The maximum Gasteiger partial charge on any atom is 0.315 e. The summed E-state index contributed by atoms with van der Waals surface area (Å²) in [5.74, 6) is 0.0341. The molecule has 2 N–H and O–H groups in total. The minimum absolute atomic E-state index is 0.0341. The van der Waals surface area contributed by atoms with E-state index in [0.717, 1.165) is 12.8 Å². The molecule has 2 fully saturated rings. The summed E-state index contributed by atoms with van der Waals surface area (Å²) < 4.78 is 24.8. The van der Waals surface area contributed by atoms with E-state index in [1.54, 1.807) is 4.90 Å². The SMILES string of the molecule is CC(C)(C)N1CC(NC(=O)NC[C@H]2CCCN2S(C)(=O)=O)CC1=O. The molecule has 0 spiro atoms. The molecular formula is C15H28N4O4S. The van der Waals surface area contributed by atoms with Crippen LogP contribution in [-0.2, 0) is 14.8 Å². The van der Waals surface area contributed by atoms with E-state index in [-0.39, 0.29) is 36.1 Å². The van der Waals surface area contributed by atoms with Crippen LogP contribution in [0.1, 0.15) is 40.0 Å². The van der Waals surface area contributed by atoms with Crippen LogP contribution in [0.5, 0.6) is 0 Å². The molecule has 2 aliphatic heterocycles. The largest absolute Gasteiger partial charge is 0.337 e. The highest BCUT2D eigenvalue weighted by molar-refractivity contribution is 7.88. The summed E-state index contributed by atoms with van der Waals surface area (Å²) in [5.41, 5.74) is -0.260. The monoisotopic (exact) mass is 360 g/mol. The molecule has 2 atom stereocenters. The Balaban J connectivity index is 1.81. The topological polar surface area (TPSA) is 98.8 Å². The predicted molar refractivity (Wildman–Crippen MR) is 91.0 cm³/mol. The number of sulfonamides is 1. The number of rotatable bonds is 4. The van der Waals surface area contributed by atoms with E-state index in [1.807, 2.05) is 20.8 Å². The van der Waals surface area contributed by atoms with Crippen LogP contribution in [0.3, 0.4) is 0 Å². The molecule has 9 heteroatoms. The highest BCUT2D eigenvalue weighted by Gasteiger charge is 2.37. The molecule has 2 saturated heterocycles. The van der Waals surface area contributed by atoms with Crippen molar-refractivity contribution in [1.82, 2.24) is 19.8 Å². The van der Waals surface area contributed by atoms with Gasteiger partial charge < -0.3 is 15.5 Å². The van der Waals surface area contributed by atoms with Gasteiger partial charge in [0.1, 0.15) is 0 Å². The molecule has 8 nitrogen and oxygen atoms in total. The van der Waals surface area contributed by atoms with E-state index in [2.05, 4.69) is 10.6 Å². The van der Waals surface area contributed by atoms with Gasteiger partial charge in [-0.05, 0) is 33.6 Å². The molecule has 0 aromatic heterocycles. The zero-order valence-electron chi connectivity index (χ0n) is 14.8. The van der Waals surface area contributed by atoms with Gasteiger partial charge in [-0.3, -0.25) is 4.79 Å². The smallest absolute Gasteiger partial charge is 0.315 e. The van der Waals surface area contributed by atoms with Gasteiger partial charge in [-0.1, -0.05) is 0 Å². The first kappa shape index (κ1) is 19.0. The zero-order valence-corrected chi connectivity index (χ0v) is 15.6. The van der Waals surface area contributed by atoms with E-state index >= 15 is 0 Å². The number of hydrogen-bond donors (Lipinski definition) is 2. The lowest BCUT2D eigenvalue weighted by Crippen LogP contribution is -2.49. The lowest BCUT2D eigenvalue weighted by Gasteiger charge is -2.32. The molecular weight excluding hydrogens is 332 g/mol. The van der Waals surface area contributed by atoms with Gasteiger partial charge in [0.15, 0.2) is 0 Å². The molecule has 0 bridgehead atoms. The number of hydrogen-bond acceptors (Lipinski definition) is 4. The summed E-state index contributed by atoms with van der Waals surface area (Å²) in [7, 11) is -3.24. The van der Waals surface area contributed by atoms with Crippen LogP contribution in [0.25, 0.3) is 0 Å². The average Bonchev–Trinajstić information content (AvgIpc) is 3.01. The molecule has 0 aromatic rings. The second-order valence-electron chi connectivity index (χ2n) is 7.60. The van der Waals surface area contributed by atoms with E-state index < -0.39 is 10.0 Å². The Bertz CT molecular complexity index is 599. The molecule has 2 heterocycles. The summed E-state index contributed by atoms with van der Waals surface area (Å²) in [6, 6.07) is -0.766. The van der Waals surface area contributed by atoms with Crippen LogP contribution in [0.2, 0.25) is 0 Å². The van der Waals surface area contributed by atoms with Crippen molar-refractivity contribution < 1.29 is 18.0 Å². The maximum absolute atomic E-state index is 12.1. The van der Waals surface area contributed by atoms with Gasteiger partial charge in [-0.2, -0.15) is 4.31 Å². The van der Waals surface area contributed by atoms with Gasteiger partial charge in [0.05, 0.1) is 12.3 Å². The van der Waals surface area contributed by atoms with Crippen molar-refractivity contribution in [3.63, 3.8) is 0 Å². The van der Waals surface area contributed by atoms with Crippen molar-refractivity contribution in [2.75, 3.05) is 25.9 Å². The molecule has 3 amide bonds. The second kappa shape index (κ2) is 6.87. The van der Waals surface area contributed by atoms with Crippen LogP contribution in [0, 0.1) is 0 Å². The summed E-state index contributed by atoms with van der Waals surface area (Å²) in [5, 5.41) is 5.54. The summed E-state index contributed by atoms with van der Waals surface area (Å²) in [6.45, 7) is 7.18. The molecule has 2 aliphatic rings. The summed E-state index contributed by atoms with van der Waals surface area (Å²) >= 11 is 0. The number of nitrogens with zero attached hydrogens (tertiary/aromatic N) is 2. The normalized spacial score (nSPS) is 26.0. The van der Waals surface area contributed by atoms with Crippen LogP contribution >= 0.6 is 0 Å². The average molecular weight is 360 g/mol. The Labute approximate surface area is 144 Å². The number of carbonyl (C=O) groups excluding carboxylic acids is 2. The van der Waals surface area contributed by atoms with E-state index in [9.17, 15) is 18.0 Å². The zero-order chi connectivity index (χ0) is 18.1. The number of carbonyl (C=O) groups is 2. The fourth-order valence-corrected chi connectivity index (χ4v) is 4.53. The van der Waals surface area contributed by atoms with E-state index in [0.29, 0.717) is 19.5 Å². The quantitative estimate of drug-likeness (QED) is 0.743. The van der Waals surface area contributed by atoms with Gasteiger partial charge in [0.25, 0.3) is 0 Å². The minimum atomic E-state index is -3.24. The van der Waals surface area contributed by atoms with Crippen LogP contribution in [0.4, 0.5) is 4.79 Å². The van der Waals surface area contributed by atoms with Crippen LogP contribution < -0.4 is 10.6 Å². The van der Waals surface area contributed by atoms with Crippen LogP contribution in [-0.4, -0.2) is 73.1 Å². The van der Waals surface area contributed by atoms with Crippen molar-refractivity contribution in [1.29, 1.82) is 0 Å². The first-order valence-corrected chi connectivity index (χ1v) is 10.1. The van der Waals surface area contributed by atoms with Crippen molar-refractivity contribution in [3.8, 4) is 0 Å². The first-order valence-electron chi connectivity index (χ1n) is 8.30. The van der Waals surface area contributed by atoms with Gasteiger partial charge in [-0.15, -0.1) is 0 Å². The third-order valence-electron chi connectivity index (χ3n) is 4.52. The molecule has 1 unspecified atom stereocenters. The Morgan fingerprint density at radius 1 is 1.33 bits per heavy atom. The van der Waals surface area contributed by atoms with Gasteiger partial charge >= 0.3 is 6.03 Å². The van der Waals surface area contributed by atoms with Gasteiger partial charge in [0.2, 0.25) is 15.9 Å². The second-order valence-corrected chi connectivity index (χ2v) is 9.54. The number of urea groups is 1. The lowest BCUT2D eigenvalue weighted by atomic mass is 10.1. The summed E-state index contributed by atoms with van der Waals surface area (Å²) in [6.07, 6.45) is 3.03. The van der Waals surface area contributed by atoms with Crippen molar-refractivity contribution in [2.24, 2.45) is 0 Å². The fraction of sp³-hybridized carbons (Fsp3) is 0.867. The Kier molecular flexibility index (Phi) is 5.44. The fourth-order valence-electron chi connectivity index (χ4n) is 3.35. The Morgan fingerprint density at radius 3 is 2.54 bits per heavy atom. The van der Waals surface area contributed by atoms with Crippen LogP contribution in [0.15, 0.2) is 0 Å². The highest BCUT2D eigenvalue weighted by atomic mass is 32.2. The predicted octanol–water partition coefficient (Wildman–Crippen LogP) is 0.109. The molecule has 0 aliphatic carbocycles. The number of nitrogens with one attached hydrogen (secondary N) is 2. The number of likely N-dealkylation sites (tertiary alicyclic amines) is 1. The summed E-state index contributed by atoms with van der Waals surface area (Å²) in [4.78, 5) is 25.8. The van der Waals surface area contributed by atoms with Gasteiger partial charge in [0, 0.05) is 37.6 Å². The molecule has 0 aromatic carbocycles. The first-order chi connectivity index (χ1) is 11.0. The number of amides is 3. The third kappa shape index (κ3) is 4.60. The van der Waals surface area contributed by atoms with Crippen molar-refractivity contribution in [3.05, 3.63) is 0 Å². The van der Waals surface area contributed by atoms with E-state index in [4.69, 9.17) is 0 Å². The van der Waals surface area contributed by atoms with Crippen molar-refractivity contribution >= 4 is 22.0 Å².